The van der Waals surface area contributed by atoms with Gasteiger partial charge in [0.2, 0.25) is 5.91 Å². The lowest BCUT2D eigenvalue weighted by Crippen LogP contribution is -2.46. The summed E-state index contributed by atoms with van der Waals surface area (Å²) in [6.45, 7) is 1.63. The summed E-state index contributed by atoms with van der Waals surface area (Å²) in [6, 6.07) is 7.84. The molecule has 1 aliphatic heterocycles. The van der Waals surface area contributed by atoms with Crippen molar-refractivity contribution < 1.29 is 27.6 Å². The molecule has 35 heavy (non-hydrogen) atoms. The molecule has 182 valence electrons. The molecule has 1 fully saturated rings. The smallest absolute Gasteiger partial charge is 0.348 e. The van der Waals surface area contributed by atoms with Crippen LogP contribution in [0.1, 0.15) is 46.2 Å². The first-order valence-electron chi connectivity index (χ1n) is 10.7. The third kappa shape index (κ3) is 4.66. The van der Waals surface area contributed by atoms with Gasteiger partial charge in [-0.1, -0.05) is 6.07 Å². The van der Waals surface area contributed by atoms with Crippen LogP contribution in [-0.4, -0.2) is 39.2 Å². The van der Waals surface area contributed by atoms with Crippen LogP contribution < -0.4 is 10.9 Å². The standard InChI is InChI=1S/C24H21F3N4O4/c1-13-29-18-8-3-14(12-28-21(33)15-4-6-16(7-5-15)24(25,26)27)11-17(18)22(34)31(13)19-9-10-20(32)30(2)23(19)35/h3-8,11,19H,9-10,12H2,1-2H3,(H,28,33)/t19-/m0/s1. The molecule has 1 N–H and O–H groups in total. The van der Waals surface area contributed by atoms with E-state index < -0.39 is 35.2 Å². The molecule has 0 radical (unpaired) electrons. The molecule has 0 bridgehead atoms. The Morgan fingerprint density at radius 1 is 1.11 bits per heavy atom. The van der Waals surface area contributed by atoms with Crippen molar-refractivity contribution in [3.05, 3.63) is 75.3 Å². The van der Waals surface area contributed by atoms with Crippen LogP contribution in [0.5, 0.6) is 0 Å². The quantitative estimate of drug-likeness (QED) is 0.572. The number of hydrogen-bond donors (Lipinski definition) is 1. The lowest BCUT2D eigenvalue weighted by atomic mass is 10.0. The van der Waals surface area contributed by atoms with Gasteiger partial charge in [-0.25, -0.2) is 4.98 Å². The maximum absolute atomic E-state index is 13.3. The molecule has 11 heteroatoms. The van der Waals surface area contributed by atoms with Crippen molar-refractivity contribution in [2.24, 2.45) is 0 Å². The molecule has 2 aromatic carbocycles. The van der Waals surface area contributed by atoms with Crippen molar-refractivity contribution in [1.29, 1.82) is 0 Å². The number of rotatable bonds is 4. The maximum Gasteiger partial charge on any atom is 0.416 e. The third-order valence-electron chi connectivity index (χ3n) is 6.00. The van der Waals surface area contributed by atoms with Crippen molar-refractivity contribution in [2.45, 2.75) is 38.5 Å². The predicted octanol–water partition coefficient (Wildman–Crippen LogP) is 2.97. The molecule has 3 amide bonds. The third-order valence-corrected chi connectivity index (χ3v) is 6.00. The number of aromatic nitrogens is 2. The maximum atomic E-state index is 13.3. The normalized spacial score (nSPS) is 16.6. The monoisotopic (exact) mass is 486 g/mol. The van der Waals surface area contributed by atoms with Crippen LogP contribution in [0.4, 0.5) is 13.2 Å². The number of amides is 3. The molecule has 2 heterocycles. The minimum absolute atomic E-state index is 0.0166. The highest BCUT2D eigenvalue weighted by atomic mass is 19.4. The highest BCUT2D eigenvalue weighted by Gasteiger charge is 2.34. The van der Waals surface area contributed by atoms with Crippen LogP contribution in [-0.2, 0) is 22.3 Å². The number of nitrogens with one attached hydrogen (secondary N) is 1. The summed E-state index contributed by atoms with van der Waals surface area (Å²) in [5, 5.41) is 2.86. The molecule has 1 atom stereocenters. The molecular weight excluding hydrogens is 465 g/mol. The number of alkyl halides is 3. The summed E-state index contributed by atoms with van der Waals surface area (Å²) in [5.41, 5.74) is -0.254. The van der Waals surface area contributed by atoms with E-state index in [0.717, 1.165) is 29.2 Å². The van der Waals surface area contributed by atoms with E-state index in [9.17, 15) is 32.3 Å². The number of carbonyl (C=O) groups is 3. The number of hydrogen-bond acceptors (Lipinski definition) is 5. The molecule has 0 saturated carbocycles. The van der Waals surface area contributed by atoms with Gasteiger partial charge in [-0.15, -0.1) is 0 Å². The molecule has 1 saturated heterocycles. The van der Waals surface area contributed by atoms with Gasteiger partial charge in [0, 0.05) is 25.6 Å². The highest BCUT2D eigenvalue weighted by Crippen LogP contribution is 2.29. The lowest BCUT2D eigenvalue weighted by molar-refractivity contribution is -0.149. The Kier molecular flexibility index (Phi) is 6.18. The molecule has 8 nitrogen and oxygen atoms in total. The van der Waals surface area contributed by atoms with Crippen LogP contribution in [0.25, 0.3) is 10.9 Å². The van der Waals surface area contributed by atoms with Gasteiger partial charge in [0.25, 0.3) is 17.4 Å². The van der Waals surface area contributed by atoms with Crippen molar-refractivity contribution >= 4 is 28.6 Å². The van der Waals surface area contributed by atoms with Gasteiger partial charge in [-0.3, -0.25) is 28.6 Å². The Morgan fingerprint density at radius 2 is 1.80 bits per heavy atom. The summed E-state index contributed by atoms with van der Waals surface area (Å²) < 4.78 is 39.4. The minimum atomic E-state index is -4.49. The first-order chi connectivity index (χ1) is 16.5. The predicted molar refractivity (Wildman–Crippen MR) is 119 cm³/mol. The summed E-state index contributed by atoms with van der Waals surface area (Å²) in [7, 11) is 1.38. The summed E-state index contributed by atoms with van der Waals surface area (Å²) >= 11 is 0. The summed E-state index contributed by atoms with van der Waals surface area (Å²) in [5.74, 6) is -1.02. The number of aryl methyl sites for hydroxylation is 1. The van der Waals surface area contributed by atoms with Crippen LogP contribution in [0, 0.1) is 6.92 Å². The minimum Gasteiger partial charge on any atom is -0.348 e. The molecule has 0 aliphatic carbocycles. The van der Waals surface area contributed by atoms with Crippen molar-refractivity contribution in [1.82, 2.24) is 19.8 Å². The second-order valence-electron chi connectivity index (χ2n) is 8.29. The Labute approximate surface area is 197 Å². The number of piperidine rings is 1. The molecule has 3 aromatic rings. The largest absolute Gasteiger partial charge is 0.416 e. The van der Waals surface area contributed by atoms with Crippen molar-refractivity contribution in [3.8, 4) is 0 Å². The SMILES string of the molecule is Cc1nc2ccc(CNC(=O)c3ccc(C(F)(F)F)cc3)cc2c(=O)n1[C@H]1CCC(=O)N(C)C1=O. The van der Waals surface area contributed by atoms with Gasteiger partial charge in [0.1, 0.15) is 11.9 Å². The van der Waals surface area contributed by atoms with Crippen molar-refractivity contribution in [3.63, 3.8) is 0 Å². The second-order valence-corrected chi connectivity index (χ2v) is 8.29. The van der Waals surface area contributed by atoms with E-state index in [2.05, 4.69) is 10.3 Å². The Balaban J connectivity index is 1.57. The van der Waals surface area contributed by atoms with E-state index in [4.69, 9.17) is 0 Å². The average molecular weight is 486 g/mol. The van der Waals surface area contributed by atoms with Crippen LogP contribution in [0.3, 0.4) is 0 Å². The zero-order valence-electron chi connectivity index (χ0n) is 18.8. The topological polar surface area (TPSA) is 101 Å². The van der Waals surface area contributed by atoms with E-state index in [1.165, 1.54) is 11.6 Å². The van der Waals surface area contributed by atoms with Gasteiger partial charge in [0.15, 0.2) is 0 Å². The number of fused-ring (bicyclic) bond motifs is 1. The van der Waals surface area contributed by atoms with Gasteiger partial charge >= 0.3 is 6.18 Å². The van der Waals surface area contributed by atoms with Crippen LogP contribution in [0.15, 0.2) is 47.3 Å². The van der Waals surface area contributed by atoms with E-state index >= 15 is 0 Å². The van der Waals surface area contributed by atoms with Gasteiger partial charge in [0.05, 0.1) is 16.5 Å². The number of benzene rings is 2. The first kappa shape index (κ1) is 24.1. The fourth-order valence-electron chi connectivity index (χ4n) is 4.07. The fourth-order valence-corrected chi connectivity index (χ4v) is 4.07. The van der Waals surface area contributed by atoms with Crippen molar-refractivity contribution in [2.75, 3.05) is 7.05 Å². The van der Waals surface area contributed by atoms with E-state index in [0.29, 0.717) is 16.9 Å². The van der Waals surface area contributed by atoms with Gasteiger partial charge in [-0.05, 0) is 55.3 Å². The molecule has 4 rings (SSSR count). The van der Waals surface area contributed by atoms with Gasteiger partial charge in [-0.2, -0.15) is 13.2 Å². The molecule has 0 spiro atoms. The zero-order valence-corrected chi connectivity index (χ0v) is 18.8. The molecule has 1 aliphatic rings. The Morgan fingerprint density at radius 3 is 2.46 bits per heavy atom. The molecule has 1 aromatic heterocycles. The summed E-state index contributed by atoms with van der Waals surface area (Å²) in [6.07, 6.45) is -4.17. The van der Waals surface area contributed by atoms with Gasteiger partial charge < -0.3 is 5.32 Å². The fraction of sp³-hybridized carbons (Fsp3) is 0.292. The average Bonchev–Trinajstić information content (AvgIpc) is 2.82. The van der Waals surface area contributed by atoms with E-state index in [1.54, 1.807) is 25.1 Å². The number of likely N-dealkylation sites (N-methyl/N-ethyl adjacent to an activating group) is 1. The number of nitrogens with zero attached hydrogens (tertiary/aromatic N) is 3. The molecular formula is C24H21F3N4O4. The van der Waals surface area contributed by atoms with E-state index in [-0.39, 0.29) is 36.2 Å². The number of likely N-dealkylation sites (tertiary alicyclic amines) is 1. The highest BCUT2D eigenvalue weighted by molar-refractivity contribution is 5.99. The Bertz CT molecular complexity index is 1400. The van der Waals surface area contributed by atoms with Crippen LogP contribution in [0.2, 0.25) is 0 Å². The van der Waals surface area contributed by atoms with Crippen LogP contribution >= 0.6 is 0 Å². The molecule has 0 unspecified atom stereocenters. The Hall–Kier alpha value is -4.02. The first-order valence-corrected chi connectivity index (χ1v) is 10.7. The number of imide groups is 1. The lowest BCUT2D eigenvalue weighted by Gasteiger charge is -2.29. The number of halogens is 3. The second kappa shape index (κ2) is 8.97. The van der Waals surface area contributed by atoms with E-state index in [1.807, 2.05) is 0 Å². The number of carbonyl (C=O) groups excluding carboxylic acids is 3. The zero-order chi connectivity index (χ0) is 25.5. The summed E-state index contributed by atoms with van der Waals surface area (Å²) in [4.78, 5) is 55.6.